The molecular formula is C28H34BrIN2O5Si. The summed E-state index contributed by atoms with van der Waals surface area (Å²) in [6, 6.07) is 13.8. The maximum absolute atomic E-state index is 14.4. The number of anilines is 1. The second-order valence-electron chi connectivity index (χ2n) is 11.3. The fourth-order valence-electron chi connectivity index (χ4n) is 6.82. The van der Waals surface area contributed by atoms with Crippen LogP contribution in [0.1, 0.15) is 37.3 Å². The van der Waals surface area contributed by atoms with E-state index in [1.54, 1.807) is 9.80 Å². The largest absolute Gasteiger partial charge is 0.432 e. The third kappa shape index (κ3) is 4.79. The number of ether oxygens (including phenoxy) is 1. The zero-order chi connectivity index (χ0) is 27.4. The first-order valence-corrected chi connectivity index (χ1v) is 18.0. The second-order valence-corrected chi connectivity index (χ2v) is 17.4. The van der Waals surface area contributed by atoms with E-state index in [1.165, 1.54) is 0 Å². The van der Waals surface area contributed by atoms with Crippen LogP contribution in [0.3, 0.4) is 0 Å². The van der Waals surface area contributed by atoms with Crippen LogP contribution in [0.15, 0.2) is 46.9 Å². The zero-order valence-electron chi connectivity index (χ0n) is 21.9. The fourth-order valence-corrected chi connectivity index (χ4v) is 10.1. The summed E-state index contributed by atoms with van der Waals surface area (Å²) in [5, 5.41) is 9.76. The van der Waals surface area contributed by atoms with Crippen molar-refractivity contribution in [1.82, 2.24) is 4.90 Å². The van der Waals surface area contributed by atoms with Crippen molar-refractivity contribution < 1.29 is 24.2 Å². The fraction of sp³-hybridized carbons (Fsp3) is 0.500. The third-order valence-corrected chi connectivity index (χ3v) is 12.2. The van der Waals surface area contributed by atoms with Gasteiger partial charge in [-0.3, -0.25) is 9.59 Å². The molecule has 5 atom stereocenters. The van der Waals surface area contributed by atoms with Crippen LogP contribution in [-0.2, 0) is 26.5 Å². The van der Waals surface area contributed by atoms with E-state index in [9.17, 15) is 19.5 Å². The molecule has 1 spiro atoms. The molecule has 3 aliphatic heterocycles. The van der Waals surface area contributed by atoms with Gasteiger partial charge >= 0.3 is 0 Å². The van der Waals surface area contributed by atoms with Crippen LogP contribution in [0.5, 0.6) is 0 Å². The lowest BCUT2D eigenvalue weighted by atomic mass is 9.82. The molecule has 5 rings (SSSR count). The van der Waals surface area contributed by atoms with Crippen LogP contribution in [-0.4, -0.2) is 60.2 Å². The van der Waals surface area contributed by atoms with Crippen LogP contribution in [0.25, 0.3) is 0 Å². The minimum absolute atomic E-state index is 0.0609. The lowest BCUT2D eigenvalue weighted by molar-refractivity contribution is -0.150. The zero-order valence-corrected chi connectivity index (χ0v) is 26.6. The Bertz CT molecular complexity index is 1240. The molecule has 0 aliphatic carbocycles. The summed E-state index contributed by atoms with van der Waals surface area (Å²) < 4.78 is 8.76. The number of carbonyl (C=O) groups is 2. The maximum atomic E-state index is 14.4. The molecular weight excluding hydrogens is 679 g/mol. The average Bonchev–Trinajstić information content (AvgIpc) is 3.51. The first kappa shape index (κ1) is 28.2. The lowest BCUT2D eigenvalue weighted by Crippen LogP contribution is -2.46. The number of benzene rings is 2. The number of fused-ring (bicyclic) bond motifs is 2. The summed E-state index contributed by atoms with van der Waals surface area (Å²) >= 11 is 5.85. The molecule has 38 heavy (non-hydrogen) atoms. The third-order valence-electron chi connectivity index (χ3n) is 8.48. The van der Waals surface area contributed by atoms with Crippen LogP contribution in [0, 0.1) is 9.49 Å². The number of likely N-dealkylation sites (tertiary alicyclic amines) is 1. The Balaban J connectivity index is 1.53. The van der Waals surface area contributed by atoms with Gasteiger partial charge in [-0.05, 0) is 84.4 Å². The second kappa shape index (κ2) is 10.6. The normalized spacial score (nSPS) is 29.0. The van der Waals surface area contributed by atoms with Gasteiger partial charge in [-0.2, -0.15) is 0 Å². The van der Waals surface area contributed by atoms with E-state index in [0.717, 1.165) is 37.7 Å². The molecule has 0 radical (unpaired) electrons. The van der Waals surface area contributed by atoms with Crippen molar-refractivity contribution in [2.24, 2.45) is 5.92 Å². The molecule has 10 heteroatoms. The maximum Gasteiger partial charge on any atom is 0.264 e. The van der Waals surface area contributed by atoms with E-state index in [1.807, 2.05) is 62.5 Å². The molecule has 2 aromatic carbocycles. The Morgan fingerprint density at radius 1 is 1.24 bits per heavy atom. The van der Waals surface area contributed by atoms with Gasteiger partial charge in [0.2, 0.25) is 5.91 Å². The molecule has 2 aromatic rings. The molecule has 2 amide bonds. The summed E-state index contributed by atoms with van der Waals surface area (Å²) in [5.74, 6) is -0.569. The average molecular weight is 713 g/mol. The molecule has 0 bridgehead atoms. The number of halogens is 2. The molecule has 3 heterocycles. The minimum Gasteiger partial charge on any atom is -0.432 e. The van der Waals surface area contributed by atoms with Gasteiger partial charge in [0.1, 0.15) is 0 Å². The van der Waals surface area contributed by atoms with Crippen LogP contribution in [0.4, 0.5) is 5.69 Å². The minimum atomic E-state index is -2.87. The highest BCUT2D eigenvalue weighted by Crippen LogP contribution is 2.60. The van der Waals surface area contributed by atoms with Gasteiger partial charge in [-0.25, -0.2) is 0 Å². The van der Waals surface area contributed by atoms with Gasteiger partial charge in [-0.1, -0.05) is 35.0 Å². The predicted molar refractivity (Wildman–Crippen MR) is 160 cm³/mol. The molecule has 204 valence electrons. The van der Waals surface area contributed by atoms with Crippen molar-refractivity contribution in [3.63, 3.8) is 0 Å². The molecule has 3 aliphatic rings. The van der Waals surface area contributed by atoms with Gasteiger partial charge in [-0.15, -0.1) is 0 Å². The summed E-state index contributed by atoms with van der Waals surface area (Å²) in [4.78, 5) is 42.8. The number of amides is 2. The molecule has 2 saturated heterocycles. The smallest absolute Gasteiger partial charge is 0.264 e. The van der Waals surface area contributed by atoms with Crippen molar-refractivity contribution >= 4 is 64.3 Å². The Morgan fingerprint density at radius 2 is 1.95 bits per heavy atom. The van der Waals surface area contributed by atoms with Gasteiger partial charge in [0.25, 0.3) is 5.91 Å². The van der Waals surface area contributed by atoms with Crippen molar-refractivity contribution in [2.45, 2.75) is 69.1 Å². The van der Waals surface area contributed by atoms with Gasteiger partial charge in [0, 0.05) is 31.6 Å². The van der Waals surface area contributed by atoms with E-state index < -0.39 is 20.0 Å². The molecule has 2 fully saturated rings. The number of aliphatic hydroxyl groups is 1. The number of carbonyl (C=O) groups excluding carboxylic acids is 2. The monoisotopic (exact) mass is 712 g/mol. The topological polar surface area (TPSA) is 90.3 Å². The Kier molecular flexibility index (Phi) is 7.86. The van der Waals surface area contributed by atoms with Crippen molar-refractivity contribution in [1.29, 1.82) is 0 Å². The quantitative estimate of drug-likeness (QED) is 0.333. The number of hydrogen-bond donors (Lipinski definition) is 2. The molecule has 0 unspecified atom stereocenters. The lowest BCUT2D eigenvalue weighted by Gasteiger charge is -2.32. The summed E-state index contributed by atoms with van der Waals surface area (Å²) in [6.07, 6.45) is 1.13. The highest BCUT2D eigenvalue weighted by atomic mass is 127. The van der Waals surface area contributed by atoms with Crippen LogP contribution < -0.4 is 4.90 Å². The van der Waals surface area contributed by atoms with Crippen LogP contribution >= 0.6 is 38.5 Å². The van der Waals surface area contributed by atoms with Crippen molar-refractivity contribution in [3.8, 4) is 0 Å². The number of rotatable bonds is 6. The first-order valence-electron chi connectivity index (χ1n) is 13.1. The molecule has 7 nitrogen and oxygen atoms in total. The molecule has 2 N–H and O–H groups in total. The van der Waals surface area contributed by atoms with E-state index in [4.69, 9.17) is 4.74 Å². The highest BCUT2D eigenvalue weighted by molar-refractivity contribution is 14.1. The van der Waals surface area contributed by atoms with Gasteiger partial charge in [0.15, 0.2) is 13.9 Å². The van der Waals surface area contributed by atoms with E-state index >= 15 is 0 Å². The van der Waals surface area contributed by atoms with Crippen molar-refractivity contribution in [2.75, 3.05) is 18.1 Å². The SMILES string of the molecule is C[C@@H]1[C@@H]([Si](C)(C)O)[C@H](CC(=O)N2CCC[C@H]2CO)O[C@@]12C(=O)N(Cc1ccc(I)cc1)c1ccc(Br)cc12. The Morgan fingerprint density at radius 3 is 2.61 bits per heavy atom. The van der Waals surface area contributed by atoms with E-state index in [0.29, 0.717) is 13.1 Å². The molecule has 0 aromatic heterocycles. The number of nitrogens with zero attached hydrogens (tertiary/aromatic N) is 2. The Labute approximate surface area is 246 Å². The Hall–Kier alpha value is -1.31. The van der Waals surface area contributed by atoms with Crippen LogP contribution in [0.2, 0.25) is 18.6 Å². The van der Waals surface area contributed by atoms with Crippen molar-refractivity contribution in [3.05, 3.63) is 61.6 Å². The summed E-state index contributed by atoms with van der Waals surface area (Å²) in [6.45, 7) is 6.68. The summed E-state index contributed by atoms with van der Waals surface area (Å²) in [5.41, 5.74) is 0.983. The number of hydrogen-bond acceptors (Lipinski definition) is 5. The molecule has 0 saturated carbocycles. The van der Waals surface area contributed by atoms with Gasteiger partial charge in [0.05, 0.1) is 37.4 Å². The van der Waals surface area contributed by atoms with Gasteiger partial charge < -0.3 is 24.4 Å². The standard InChI is InChI=1S/C28H34BrIN2O5Si/c1-17-26(38(2,3)36)24(14-25(34)31-12-4-5-21(31)16-33)37-28(17)22-13-19(29)8-11-23(22)32(27(28)35)15-18-6-9-20(30)10-7-18/h6-11,13,17,21,24,26,33,36H,4-5,12,14-16H2,1-3H3/t17-,21+,24+,26-,28+/m1/s1. The highest BCUT2D eigenvalue weighted by Gasteiger charge is 2.66. The van der Waals surface area contributed by atoms with E-state index in [-0.39, 0.29) is 42.3 Å². The summed E-state index contributed by atoms with van der Waals surface area (Å²) in [7, 11) is -2.87. The van der Waals surface area contributed by atoms with E-state index in [2.05, 4.69) is 38.5 Å². The first-order chi connectivity index (χ1) is 18.0. The number of aliphatic hydroxyl groups excluding tert-OH is 1. The predicted octanol–water partition coefficient (Wildman–Crippen LogP) is 4.77.